The Morgan fingerprint density at radius 1 is 0.844 bits per heavy atom. The fraction of sp³-hybridized carbons (Fsp3) is 0.452. The lowest BCUT2D eigenvalue weighted by atomic mass is 9.98. The van der Waals surface area contributed by atoms with Gasteiger partial charge in [-0.25, -0.2) is 14.0 Å². The van der Waals surface area contributed by atoms with Crippen LogP contribution in [0.25, 0.3) is 11.1 Å². The molecule has 0 saturated carbocycles. The Morgan fingerprint density at radius 3 is 1.93 bits per heavy atom. The van der Waals surface area contributed by atoms with Crippen LogP contribution < -0.4 is 5.32 Å². The number of hydrogen-bond donors (Lipinski definition) is 2. The molecule has 0 spiro atoms. The number of halogens is 1. The molecule has 1 amide bonds. The summed E-state index contributed by atoms with van der Waals surface area (Å²) < 4.78 is 47.4. The molecule has 242 valence electrons. The summed E-state index contributed by atoms with van der Waals surface area (Å²) in [6.45, 7) is 3.78. The Labute approximate surface area is 257 Å². The predicted octanol–water partition coefficient (Wildman–Crippen LogP) is 2.87. The molecule has 0 radical (unpaired) electrons. The first-order chi connectivity index (χ1) is 21.4. The summed E-state index contributed by atoms with van der Waals surface area (Å²) in [5.41, 5.74) is 3.94. The van der Waals surface area contributed by atoms with Crippen LogP contribution in [0.4, 0.5) is 9.18 Å². The van der Waals surface area contributed by atoms with Gasteiger partial charge >= 0.3 is 30.0 Å². The molecule has 2 aromatic carbocycles. The van der Waals surface area contributed by atoms with Gasteiger partial charge in [-0.3, -0.25) is 14.4 Å². The largest absolute Gasteiger partial charge is 0.480 e. The first-order valence-corrected chi connectivity index (χ1v) is 14.1. The molecule has 2 aliphatic rings. The van der Waals surface area contributed by atoms with Crippen LogP contribution in [0, 0.1) is 0 Å². The molecule has 45 heavy (non-hydrogen) atoms. The third-order valence-corrected chi connectivity index (χ3v) is 7.33. The van der Waals surface area contributed by atoms with Gasteiger partial charge in [0.05, 0.1) is 6.10 Å². The van der Waals surface area contributed by atoms with Crippen molar-refractivity contribution in [2.75, 3.05) is 13.2 Å². The summed E-state index contributed by atoms with van der Waals surface area (Å²) in [5.74, 6) is -4.30. The number of carboxylic acids is 1. The average Bonchev–Trinajstić information content (AvgIpc) is 3.30. The van der Waals surface area contributed by atoms with Gasteiger partial charge in [0.25, 0.3) is 0 Å². The first-order valence-electron chi connectivity index (χ1n) is 14.1. The molecule has 2 aromatic rings. The van der Waals surface area contributed by atoms with Gasteiger partial charge in [0.15, 0.2) is 30.7 Å². The van der Waals surface area contributed by atoms with Gasteiger partial charge in [-0.2, -0.15) is 0 Å². The highest BCUT2D eigenvalue weighted by Gasteiger charge is 2.52. The highest BCUT2D eigenvalue weighted by Crippen LogP contribution is 2.44. The Hall–Kier alpha value is -4.56. The molecule has 0 aromatic heterocycles. The quantitative estimate of drug-likeness (QED) is 0.275. The fourth-order valence-electron chi connectivity index (χ4n) is 5.41. The normalized spacial score (nSPS) is 23.4. The lowest BCUT2D eigenvalue weighted by Gasteiger charge is -2.42. The molecule has 1 heterocycles. The number of carbonyl (C=O) groups is 5. The van der Waals surface area contributed by atoms with Crippen LogP contribution in [0.2, 0.25) is 0 Å². The maximum Gasteiger partial charge on any atom is 0.407 e. The van der Waals surface area contributed by atoms with Gasteiger partial charge in [0.2, 0.25) is 0 Å². The Bertz CT molecular complexity index is 1390. The van der Waals surface area contributed by atoms with Crippen LogP contribution in [-0.4, -0.2) is 91.2 Å². The topological polar surface area (TPSA) is 173 Å². The lowest BCUT2D eigenvalue weighted by molar-refractivity contribution is -0.302. The molecule has 0 bridgehead atoms. The van der Waals surface area contributed by atoms with Gasteiger partial charge in [0, 0.05) is 26.7 Å². The van der Waals surface area contributed by atoms with Crippen molar-refractivity contribution < 1.29 is 61.9 Å². The number of alkyl carbamates (subject to hydrolysis) is 1. The molecule has 1 aliphatic heterocycles. The van der Waals surface area contributed by atoms with E-state index in [9.17, 15) is 29.1 Å². The SMILES string of the molecule is CC(=O)OC[C@H]1OC(O[C@H](C)[C@H](NC(=O)OCC2c3ccccc3-c3ccccc32)C(=O)O)[C@H]([18F])[C@@H](OC(C)=O)[C@@H]1OC(C)=O. The molecule has 1 fully saturated rings. The number of carbonyl (C=O) groups excluding carboxylic acids is 4. The van der Waals surface area contributed by atoms with Gasteiger partial charge in [-0.15, -0.1) is 0 Å². The number of ether oxygens (including phenoxy) is 6. The molecular weight excluding hydrogens is 596 g/mol. The van der Waals surface area contributed by atoms with Crippen molar-refractivity contribution in [3.8, 4) is 11.1 Å². The highest BCUT2D eigenvalue weighted by atomic mass is 18.2. The van der Waals surface area contributed by atoms with Crippen molar-refractivity contribution in [3.63, 3.8) is 0 Å². The Kier molecular flexibility index (Phi) is 10.7. The molecule has 1 saturated heterocycles. The van der Waals surface area contributed by atoms with Crippen molar-refractivity contribution in [3.05, 3.63) is 59.7 Å². The Morgan fingerprint density at radius 2 is 1.40 bits per heavy atom. The highest BCUT2D eigenvalue weighted by molar-refractivity contribution is 5.81. The first kappa shape index (κ1) is 33.3. The second kappa shape index (κ2) is 14.5. The third-order valence-electron chi connectivity index (χ3n) is 7.33. The molecular formula is C31H34FNO12. The van der Waals surface area contributed by atoms with E-state index in [0.717, 1.165) is 43.0 Å². The zero-order valence-electron chi connectivity index (χ0n) is 25.0. The number of benzene rings is 2. The average molecular weight is 631 g/mol. The van der Waals surface area contributed by atoms with Gasteiger partial charge in [-0.1, -0.05) is 48.5 Å². The minimum absolute atomic E-state index is 0.0842. The van der Waals surface area contributed by atoms with Crippen LogP contribution in [0.1, 0.15) is 44.7 Å². The lowest BCUT2D eigenvalue weighted by Crippen LogP contribution is -2.62. The standard InChI is InChI=1S/C31H34FNO12/c1-15(42-30-25(32)28(44-18(4)36)27(43-17(3)35)24(45-30)14-40-16(2)34)26(29(37)38)33-31(39)41-13-23-21-11-7-5-9-19(21)20-10-6-8-12-22(20)23/h5-12,15,23-28,30H,13-14H2,1-4H3,(H,33,39)(H,37,38)/t15-,24-,25-,26+,27-,28-,30?/m1/s1/i32-1. The van der Waals surface area contributed by atoms with Crippen LogP contribution in [0.15, 0.2) is 48.5 Å². The van der Waals surface area contributed by atoms with Gasteiger partial charge in [-0.05, 0) is 29.2 Å². The molecule has 13 nitrogen and oxygen atoms in total. The van der Waals surface area contributed by atoms with Gasteiger partial charge < -0.3 is 38.8 Å². The predicted molar refractivity (Wildman–Crippen MR) is 151 cm³/mol. The van der Waals surface area contributed by atoms with E-state index in [1.807, 2.05) is 48.5 Å². The molecule has 7 atom stereocenters. The van der Waals surface area contributed by atoms with Crippen LogP contribution >= 0.6 is 0 Å². The smallest absolute Gasteiger partial charge is 0.407 e. The Balaban J connectivity index is 1.45. The molecule has 1 unspecified atom stereocenters. The second-order valence-electron chi connectivity index (χ2n) is 10.6. The summed E-state index contributed by atoms with van der Waals surface area (Å²) in [7, 11) is 0. The monoisotopic (exact) mass is 630 g/mol. The summed E-state index contributed by atoms with van der Waals surface area (Å²) in [5, 5.41) is 12.1. The van der Waals surface area contributed by atoms with E-state index in [0.29, 0.717) is 0 Å². The van der Waals surface area contributed by atoms with Crippen LogP contribution in [0.5, 0.6) is 0 Å². The number of carboxylic acid groups (broad SMARTS) is 1. The molecule has 1 aliphatic carbocycles. The fourth-order valence-corrected chi connectivity index (χ4v) is 5.41. The maximum absolute atomic E-state index is 15.7. The summed E-state index contributed by atoms with van der Waals surface area (Å²) in [6, 6.07) is 13.6. The van der Waals surface area contributed by atoms with E-state index in [1.54, 1.807) is 0 Å². The molecule has 4 rings (SSSR count). The summed E-state index contributed by atoms with van der Waals surface area (Å²) in [4.78, 5) is 59.9. The van der Waals surface area contributed by atoms with E-state index < -0.39 is 79.5 Å². The number of alkyl halides is 1. The summed E-state index contributed by atoms with van der Waals surface area (Å²) in [6.07, 6.45) is -11.3. The van der Waals surface area contributed by atoms with Crippen molar-refractivity contribution in [2.24, 2.45) is 0 Å². The second-order valence-corrected chi connectivity index (χ2v) is 10.6. The van der Waals surface area contributed by atoms with Crippen molar-refractivity contribution in [1.82, 2.24) is 5.32 Å². The number of esters is 3. The van der Waals surface area contributed by atoms with Crippen molar-refractivity contribution >= 4 is 30.0 Å². The molecule has 2 N–H and O–H groups in total. The number of rotatable bonds is 11. The number of nitrogens with one attached hydrogen (secondary N) is 1. The third kappa shape index (κ3) is 7.94. The summed E-state index contributed by atoms with van der Waals surface area (Å²) >= 11 is 0. The van der Waals surface area contributed by atoms with Crippen LogP contribution in [0.3, 0.4) is 0 Å². The van der Waals surface area contributed by atoms with E-state index in [2.05, 4.69) is 5.32 Å². The number of fused-ring (bicyclic) bond motifs is 3. The van der Waals surface area contributed by atoms with E-state index in [1.165, 1.54) is 6.92 Å². The zero-order valence-corrected chi connectivity index (χ0v) is 25.0. The minimum atomic E-state index is -2.28. The zero-order chi connectivity index (χ0) is 32.8. The van der Waals surface area contributed by atoms with Crippen molar-refractivity contribution in [1.29, 1.82) is 0 Å². The number of aliphatic carboxylic acids is 1. The van der Waals surface area contributed by atoms with Gasteiger partial charge in [0.1, 0.15) is 19.3 Å². The van der Waals surface area contributed by atoms with E-state index in [4.69, 9.17) is 28.4 Å². The van der Waals surface area contributed by atoms with Crippen LogP contribution in [-0.2, 0) is 47.6 Å². The number of amides is 1. The van der Waals surface area contributed by atoms with E-state index >= 15 is 4.39 Å². The maximum atomic E-state index is 15.7. The van der Waals surface area contributed by atoms with E-state index in [-0.39, 0.29) is 12.5 Å². The number of hydrogen-bond acceptors (Lipinski definition) is 11. The van der Waals surface area contributed by atoms with Crippen molar-refractivity contribution in [2.45, 2.75) is 76.5 Å². The molecule has 14 heteroatoms. The minimum Gasteiger partial charge on any atom is -0.480 e.